The van der Waals surface area contributed by atoms with E-state index in [9.17, 15) is 0 Å². The molecule has 1 aliphatic rings. The van der Waals surface area contributed by atoms with Crippen molar-refractivity contribution < 1.29 is 30.4 Å². The average molecular weight is 944 g/mol. The number of fused-ring (bicyclic) bond motifs is 10. The van der Waals surface area contributed by atoms with Crippen LogP contribution < -0.4 is 9.64 Å². The van der Waals surface area contributed by atoms with E-state index in [2.05, 4.69) is 206 Å². The Balaban J connectivity index is 0.00000449. The number of rotatable bonds is 4. The van der Waals surface area contributed by atoms with Crippen LogP contribution in [0.2, 0.25) is 0 Å². The van der Waals surface area contributed by atoms with Crippen molar-refractivity contribution in [3.05, 3.63) is 188 Å². The van der Waals surface area contributed by atoms with Crippen LogP contribution in [0.25, 0.3) is 61.0 Å². The van der Waals surface area contributed by atoms with Gasteiger partial charge in [-0.05, 0) is 67.9 Å². The van der Waals surface area contributed by atoms with E-state index in [-0.39, 0.29) is 26.5 Å². The molecule has 0 atom stereocenters. The first kappa shape index (κ1) is 38.0. The summed E-state index contributed by atoms with van der Waals surface area (Å²) in [5.41, 5.74) is 12.8. The maximum atomic E-state index is 6.66. The number of hydrogen-bond acceptors (Lipinski definition) is 3. The molecule has 0 amide bonds. The largest absolute Gasteiger partial charge is 0.510 e. The van der Waals surface area contributed by atoms with E-state index in [1.54, 1.807) is 0 Å². The molecule has 0 saturated carbocycles. The van der Waals surface area contributed by atoms with E-state index in [4.69, 9.17) is 9.72 Å². The fraction of sp³-hybridized carbons (Fsp3) is 0.0943. The van der Waals surface area contributed by atoms with Gasteiger partial charge in [0, 0.05) is 44.3 Å². The maximum Gasteiger partial charge on any atom is 0.243 e. The van der Waals surface area contributed by atoms with Crippen molar-refractivity contribution in [2.24, 2.45) is 0 Å². The van der Waals surface area contributed by atoms with Gasteiger partial charge in [0.25, 0.3) is 0 Å². The Morgan fingerprint density at radius 2 is 1.19 bits per heavy atom. The van der Waals surface area contributed by atoms with E-state index >= 15 is 0 Å². The second kappa shape index (κ2) is 15.3. The Morgan fingerprint density at radius 1 is 0.576 bits per heavy atom. The monoisotopic (exact) mass is 943 g/mol. The number of aromatic nitrogens is 2. The van der Waals surface area contributed by atoms with E-state index in [0.29, 0.717) is 11.5 Å². The van der Waals surface area contributed by atoms with Crippen LogP contribution in [0.3, 0.4) is 0 Å². The van der Waals surface area contributed by atoms with Gasteiger partial charge in [-0.25, -0.2) is 4.98 Å². The van der Waals surface area contributed by atoms with Crippen molar-refractivity contribution in [1.29, 1.82) is 0 Å². The summed E-state index contributed by atoms with van der Waals surface area (Å²) in [5, 5.41) is 2.22. The van der Waals surface area contributed by atoms with Crippen LogP contribution in [0.5, 0.6) is 11.5 Å². The zero-order valence-corrected chi connectivity index (χ0v) is 35.5. The number of nitrogens with zero attached hydrogens (tertiary/aromatic N) is 4. The van der Waals surface area contributed by atoms with Gasteiger partial charge in [0.2, 0.25) is 6.34 Å². The molecule has 290 valence electrons. The van der Waals surface area contributed by atoms with E-state index in [0.717, 1.165) is 72.5 Å². The average Bonchev–Trinajstić information content (AvgIpc) is 3.58. The molecule has 0 unspecified atom stereocenters. The molecule has 59 heavy (non-hydrogen) atoms. The Bertz CT molecular complexity index is 3060. The smallest absolute Gasteiger partial charge is 0.243 e. The van der Waals surface area contributed by atoms with E-state index in [1.807, 2.05) is 24.4 Å². The molecule has 2 aromatic heterocycles. The third-order valence-corrected chi connectivity index (χ3v) is 11.0. The van der Waals surface area contributed by atoms with Gasteiger partial charge in [-0.2, -0.15) is 18.2 Å². The molecule has 0 saturated heterocycles. The molecule has 0 aliphatic carbocycles. The molecular formula is C53H40N4OPt-2. The molecule has 7 aromatic carbocycles. The second-order valence-electron chi connectivity index (χ2n) is 15.7. The molecule has 9 aromatic rings. The minimum atomic E-state index is -0.0265. The first-order valence-electron chi connectivity index (χ1n) is 19.6. The van der Waals surface area contributed by atoms with Crippen LogP contribution in [-0.4, -0.2) is 27.5 Å². The summed E-state index contributed by atoms with van der Waals surface area (Å²) in [7, 11) is 2.05. The number of para-hydroxylation sites is 3. The number of anilines is 2. The van der Waals surface area contributed by atoms with Gasteiger partial charge >= 0.3 is 0 Å². The van der Waals surface area contributed by atoms with Crippen molar-refractivity contribution in [3.8, 4) is 50.7 Å². The first-order chi connectivity index (χ1) is 28.3. The third kappa shape index (κ3) is 6.86. The molecule has 0 radical (unpaired) electrons. The van der Waals surface area contributed by atoms with Gasteiger partial charge in [0.05, 0.1) is 18.4 Å². The van der Waals surface area contributed by atoms with Crippen LogP contribution in [0, 0.1) is 12.1 Å². The van der Waals surface area contributed by atoms with Crippen molar-refractivity contribution in [2.45, 2.75) is 26.2 Å². The first-order valence-corrected chi connectivity index (χ1v) is 19.6. The summed E-state index contributed by atoms with van der Waals surface area (Å²) in [6.45, 7) is 6.67. The fourth-order valence-electron chi connectivity index (χ4n) is 8.16. The molecule has 0 N–H and O–H groups in total. The summed E-state index contributed by atoms with van der Waals surface area (Å²) in [4.78, 5) is 6.94. The van der Waals surface area contributed by atoms with Gasteiger partial charge in [-0.15, -0.1) is 29.7 Å². The van der Waals surface area contributed by atoms with Crippen molar-refractivity contribution >= 4 is 45.2 Å². The topological polar surface area (TPSA) is 33.3 Å². The fourth-order valence-corrected chi connectivity index (χ4v) is 8.16. The molecular weight excluding hydrogens is 904 g/mol. The Kier molecular flexibility index (Phi) is 9.87. The summed E-state index contributed by atoms with van der Waals surface area (Å²) in [6, 6.07) is 64.4. The second-order valence-corrected chi connectivity index (χ2v) is 15.7. The van der Waals surface area contributed by atoms with Crippen LogP contribution in [0.1, 0.15) is 26.3 Å². The van der Waals surface area contributed by atoms with Gasteiger partial charge in [-0.3, -0.25) is 0 Å². The Morgan fingerprint density at radius 3 is 1.93 bits per heavy atom. The third-order valence-electron chi connectivity index (χ3n) is 11.0. The minimum Gasteiger partial charge on any atom is -0.510 e. The molecule has 0 spiro atoms. The number of pyridine rings is 1. The van der Waals surface area contributed by atoms with Gasteiger partial charge < -0.3 is 18.8 Å². The Hall–Kier alpha value is -6.55. The number of ether oxygens (including phenoxy) is 1. The molecule has 0 bridgehead atoms. The van der Waals surface area contributed by atoms with Crippen molar-refractivity contribution in [2.75, 3.05) is 11.9 Å². The number of hydrogen-bond donors (Lipinski definition) is 0. The zero-order valence-electron chi connectivity index (χ0n) is 33.2. The molecule has 10 rings (SSSR count). The van der Waals surface area contributed by atoms with Crippen LogP contribution in [0.15, 0.2) is 170 Å². The van der Waals surface area contributed by atoms with E-state index in [1.165, 1.54) is 11.1 Å². The zero-order chi connectivity index (χ0) is 39.4. The SMILES string of the molecule is C[N+]1=[C-]N(c2[c-]c(Oc3[c-]c4c(cc3)c3ccccc3n4-c3cc(C(C)(C)C)ccn3)ccc2)c2ccccc2-c2ccccc2-c2ccccc2-c2ccccc21.[Pt]. The summed E-state index contributed by atoms with van der Waals surface area (Å²) in [5.74, 6) is 1.99. The predicted molar refractivity (Wildman–Crippen MR) is 237 cm³/mol. The molecule has 6 heteroatoms. The summed E-state index contributed by atoms with van der Waals surface area (Å²) in [6.07, 6.45) is 5.63. The van der Waals surface area contributed by atoms with Gasteiger partial charge in [0.15, 0.2) is 0 Å². The summed E-state index contributed by atoms with van der Waals surface area (Å²) >= 11 is 0. The summed E-state index contributed by atoms with van der Waals surface area (Å²) < 4.78 is 10.9. The maximum absolute atomic E-state index is 6.66. The molecule has 0 fully saturated rings. The molecule has 3 heterocycles. The quantitative estimate of drug-likeness (QED) is 0.130. The van der Waals surface area contributed by atoms with Crippen molar-refractivity contribution in [3.63, 3.8) is 0 Å². The molecule has 5 nitrogen and oxygen atoms in total. The van der Waals surface area contributed by atoms with Gasteiger partial charge in [0.1, 0.15) is 5.82 Å². The van der Waals surface area contributed by atoms with Gasteiger partial charge in [-0.1, -0.05) is 147 Å². The molecule has 1 aliphatic heterocycles. The van der Waals surface area contributed by atoms with Crippen molar-refractivity contribution in [1.82, 2.24) is 9.55 Å². The standard InChI is InChI=1S/C53H40N4O.Pt/c1-53(2,3)36-30-31-54-52(32-36)57-50-27-14-11-24-46(50)47-29-28-39(34-51(47)57)58-38-17-15-16-37(33-38)56-35-55(4)48-25-12-9-22-44(48)42-20-7-5-18-40(42)41-19-6-8-21-43(41)45-23-10-13-26-49(45)56;/h5-32H,1-4H3;/q-2;. The van der Waals surface area contributed by atoms with Crippen LogP contribution in [0.4, 0.5) is 17.1 Å². The van der Waals surface area contributed by atoms with Crippen LogP contribution in [-0.2, 0) is 26.5 Å². The van der Waals surface area contributed by atoms with E-state index < -0.39 is 0 Å². The Labute approximate surface area is 359 Å². The van der Waals surface area contributed by atoms with Crippen LogP contribution >= 0.6 is 0 Å². The predicted octanol–water partition coefficient (Wildman–Crippen LogP) is 13.2. The number of benzene rings is 7. The normalized spacial score (nSPS) is 12.3. The minimum absolute atomic E-state index is 0.